The predicted molar refractivity (Wildman–Crippen MR) is 43.3 cm³/mol. The quantitative estimate of drug-likeness (QED) is 0.585. The molecular weight excluding hydrogens is 238 g/mol. The first kappa shape index (κ1) is 13.7. The van der Waals surface area contributed by atoms with E-state index in [0.29, 0.717) is 0 Å². The average molecular weight is 246 g/mol. The Hall–Kier alpha value is -1.29. The van der Waals surface area contributed by atoms with Crippen LogP contribution in [0.4, 0.5) is 8.78 Å². The van der Waals surface area contributed by atoms with Crippen molar-refractivity contribution in [3.8, 4) is 0 Å². The summed E-state index contributed by atoms with van der Waals surface area (Å²) in [5.74, 6) is -6.68. The number of amides is 1. The number of rotatable bonds is 6. The van der Waals surface area contributed by atoms with E-state index in [4.69, 9.17) is 5.11 Å². The molecule has 0 saturated heterocycles. The molecule has 0 rings (SSSR count). The summed E-state index contributed by atoms with van der Waals surface area (Å²) in [6, 6.07) is 0. The molecule has 0 aromatic carbocycles. The summed E-state index contributed by atoms with van der Waals surface area (Å²) in [5, 5.41) is 8.24. The van der Waals surface area contributed by atoms with E-state index < -0.39 is 40.7 Å². The second-order valence-electron chi connectivity index (χ2n) is 2.43. The van der Waals surface area contributed by atoms with Gasteiger partial charge in [-0.1, -0.05) is 0 Å². The third-order valence-electron chi connectivity index (χ3n) is 1.23. The fraction of sp³-hybridized carbons (Fsp3) is 0.600. The molecule has 0 radical (unpaired) electrons. The van der Waals surface area contributed by atoms with E-state index in [1.165, 1.54) is 0 Å². The minimum atomic E-state index is -5.11. The molecule has 88 valence electrons. The molecule has 0 bridgehead atoms. The Morgan fingerprint density at radius 3 is 2.07 bits per heavy atom. The zero-order chi connectivity index (χ0) is 12.2. The number of carboxylic acid groups (broad SMARTS) is 1. The summed E-state index contributed by atoms with van der Waals surface area (Å²) >= 11 is 0. The number of nitrogens with zero attached hydrogens (tertiary/aromatic N) is 1. The lowest BCUT2D eigenvalue weighted by atomic mass is 10.5. The highest BCUT2D eigenvalue weighted by atomic mass is 32.2. The number of alkyl halides is 2. The number of aliphatic carboxylic acids is 1. The normalized spacial score (nSPS) is 12.0. The summed E-state index contributed by atoms with van der Waals surface area (Å²) in [6.45, 7) is -2.34. The molecule has 0 spiro atoms. The van der Waals surface area contributed by atoms with Crippen LogP contribution in [0.25, 0.3) is 0 Å². The van der Waals surface area contributed by atoms with Crippen LogP contribution in [0.15, 0.2) is 0 Å². The largest absolute Gasteiger partial charge is 0.480 e. The zero-order valence-electron chi connectivity index (χ0n) is 7.26. The zero-order valence-corrected chi connectivity index (χ0v) is 8.08. The van der Waals surface area contributed by atoms with Crippen molar-refractivity contribution in [2.45, 2.75) is 5.76 Å². The van der Waals surface area contributed by atoms with Gasteiger partial charge in [-0.05, 0) is 0 Å². The average Bonchev–Trinajstić information content (AvgIpc) is 2.00. The number of hydrogen-bond acceptors (Lipinski definition) is 4. The molecule has 10 heteroatoms. The molecular formula is C5H8F2N2O5S. The molecule has 0 aromatic heterocycles. The van der Waals surface area contributed by atoms with Gasteiger partial charge in [-0.15, -0.1) is 0 Å². The van der Waals surface area contributed by atoms with Gasteiger partial charge in [0, 0.05) is 0 Å². The third kappa shape index (κ3) is 4.16. The number of carbonyl (C=O) groups excluding carboxylic acids is 1. The molecule has 3 N–H and O–H groups in total. The maximum absolute atomic E-state index is 12.0. The number of nitrogens with two attached hydrogens (primary N) is 1. The molecule has 0 fully saturated rings. The smallest absolute Gasteiger partial charge is 0.350 e. The second kappa shape index (κ2) is 4.98. The molecule has 0 heterocycles. The van der Waals surface area contributed by atoms with Gasteiger partial charge in [0.2, 0.25) is 5.91 Å². The Bertz CT molecular complexity index is 338. The van der Waals surface area contributed by atoms with E-state index in [2.05, 4.69) is 5.73 Å². The van der Waals surface area contributed by atoms with Crippen molar-refractivity contribution in [1.82, 2.24) is 4.31 Å². The second-order valence-corrected chi connectivity index (χ2v) is 4.34. The molecule has 7 nitrogen and oxygen atoms in total. The molecule has 0 atom stereocenters. The van der Waals surface area contributed by atoms with E-state index in [9.17, 15) is 26.8 Å². The van der Waals surface area contributed by atoms with Gasteiger partial charge in [0.1, 0.15) is 6.54 Å². The summed E-state index contributed by atoms with van der Waals surface area (Å²) in [7, 11) is -5.11. The van der Waals surface area contributed by atoms with Gasteiger partial charge in [-0.25, -0.2) is 8.42 Å². The maximum Gasteiger partial charge on any atom is 0.350 e. The molecule has 0 aromatic rings. The first-order valence-electron chi connectivity index (χ1n) is 3.45. The van der Waals surface area contributed by atoms with Gasteiger partial charge in [-0.3, -0.25) is 9.59 Å². The molecule has 15 heavy (non-hydrogen) atoms. The minimum absolute atomic E-state index is 0.192. The lowest BCUT2D eigenvalue weighted by Gasteiger charge is -2.17. The molecule has 0 aliphatic rings. The van der Waals surface area contributed by atoms with Crippen LogP contribution in [0.3, 0.4) is 0 Å². The molecule has 0 aliphatic carbocycles. The summed E-state index contributed by atoms with van der Waals surface area (Å²) in [4.78, 5) is 20.5. The highest BCUT2D eigenvalue weighted by Crippen LogP contribution is 2.10. The fourth-order valence-corrected chi connectivity index (χ4v) is 1.50. The van der Waals surface area contributed by atoms with Crippen molar-refractivity contribution >= 4 is 21.9 Å². The van der Waals surface area contributed by atoms with E-state index in [1.54, 1.807) is 0 Å². The Kier molecular flexibility index (Phi) is 4.55. The van der Waals surface area contributed by atoms with Crippen molar-refractivity contribution in [2.24, 2.45) is 5.73 Å². The third-order valence-corrected chi connectivity index (χ3v) is 2.66. The highest BCUT2D eigenvalue weighted by molar-refractivity contribution is 7.89. The van der Waals surface area contributed by atoms with Crippen LogP contribution in [0.1, 0.15) is 0 Å². The standard InChI is InChI=1S/C5H8F2N2O5S/c6-5(7)15(13,14)9(1-3(8)10)2-4(11)12/h5H,1-2H2,(H2,8,10)(H,11,12). The molecule has 1 amide bonds. The summed E-state index contributed by atoms with van der Waals surface area (Å²) < 4.78 is 45.4. The van der Waals surface area contributed by atoms with Crippen molar-refractivity contribution in [1.29, 1.82) is 0 Å². The van der Waals surface area contributed by atoms with Crippen molar-refractivity contribution in [3.05, 3.63) is 0 Å². The van der Waals surface area contributed by atoms with Gasteiger partial charge in [0.15, 0.2) is 0 Å². The lowest BCUT2D eigenvalue weighted by Crippen LogP contribution is -2.43. The number of hydrogen-bond donors (Lipinski definition) is 2. The highest BCUT2D eigenvalue weighted by Gasteiger charge is 2.34. The van der Waals surface area contributed by atoms with Gasteiger partial charge in [-0.2, -0.15) is 13.1 Å². The topological polar surface area (TPSA) is 118 Å². The molecule has 0 aliphatic heterocycles. The first-order valence-corrected chi connectivity index (χ1v) is 4.95. The van der Waals surface area contributed by atoms with E-state index in [1.807, 2.05) is 0 Å². The predicted octanol–water partition coefficient (Wildman–Crippen LogP) is -1.59. The van der Waals surface area contributed by atoms with Crippen molar-refractivity contribution in [3.63, 3.8) is 0 Å². The number of carbonyl (C=O) groups is 2. The van der Waals surface area contributed by atoms with Crippen molar-refractivity contribution in [2.75, 3.05) is 13.1 Å². The maximum atomic E-state index is 12.0. The number of sulfonamides is 1. The van der Waals surface area contributed by atoms with Crippen LogP contribution in [0, 0.1) is 0 Å². The number of primary amides is 1. The number of carboxylic acids is 1. The van der Waals surface area contributed by atoms with E-state index in [0.717, 1.165) is 0 Å². The first-order chi connectivity index (χ1) is 6.67. The number of halogens is 2. The van der Waals surface area contributed by atoms with Gasteiger partial charge >= 0.3 is 11.7 Å². The summed E-state index contributed by atoms with van der Waals surface area (Å²) in [6.07, 6.45) is 0. The van der Waals surface area contributed by atoms with Crippen LogP contribution >= 0.6 is 0 Å². The van der Waals surface area contributed by atoms with Crippen LogP contribution in [-0.4, -0.2) is 48.6 Å². The lowest BCUT2D eigenvalue weighted by molar-refractivity contribution is -0.137. The van der Waals surface area contributed by atoms with Gasteiger partial charge < -0.3 is 10.8 Å². The van der Waals surface area contributed by atoms with Crippen LogP contribution in [-0.2, 0) is 19.6 Å². The van der Waals surface area contributed by atoms with Gasteiger partial charge in [0.25, 0.3) is 10.0 Å². The van der Waals surface area contributed by atoms with Crippen LogP contribution in [0.5, 0.6) is 0 Å². The Morgan fingerprint density at radius 1 is 1.33 bits per heavy atom. The Morgan fingerprint density at radius 2 is 1.80 bits per heavy atom. The van der Waals surface area contributed by atoms with Gasteiger partial charge in [0.05, 0.1) is 6.54 Å². The van der Waals surface area contributed by atoms with Crippen molar-refractivity contribution < 1.29 is 31.9 Å². The van der Waals surface area contributed by atoms with E-state index in [-0.39, 0.29) is 4.31 Å². The molecule has 0 unspecified atom stereocenters. The van der Waals surface area contributed by atoms with Crippen LogP contribution < -0.4 is 5.73 Å². The SMILES string of the molecule is NC(=O)CN(CC(=O)O)S(=O)(=O)C(F)F. The Balaban J connectivity index is 4.93. The Labute approximate surface area is 83.5 Å². The van der Waals surface area contributed by atoms with Crippen LogP contribution in [0.2, 0.25) is 0 Å². The fourth-order valence-electron chi connectivity index (χ4n) is 0.673. The van der Waals surface area contributed by atoms with E-state index >= 15 is 0 Å². The molecule has 0 saturated carbocycles. The summed E-state index contributed by atoms with van der Waals surface area (Å²) in [5.41, 5.74) is 4.58. The monoisotopic (exact) mass is 246 g/mol. The minimum Gasteiger partial charge on any atom is -0.480 e.